The molecular weight excluding hydrogens is 396 g/mol. The first-order valence-electron chi connectivity index (χ1n) is 11.3. The number of carbonyl (C=O) groups is 1. The minimum absolute atomic E-state index is 0.00300. The van der Waals surface area contributed by atoms with Crippen molar-refractivity contribution in [2.45, 2.75) is 90.8 Å². The molecule has 0 aromatic rings. The van der Waals surface area contributed by atoms with Crippen LogP contribution in [-0.2, 0) is 18.7 Å². The number of fused-ring (bicyclic) bond motifs is 1. The maximum absolute atomic E-state index is 12.6. The van der Waals surface area contributed by atoms with Crippen LogP contribution in [0.15, 0.2) is 23.5 Å². The number of allylic oxidation sites excluding steroid dienone is 3. The van der Waals surface area contributed by atoms with E-state index in [9.17, 15) is 9.90 Å². The number of ether oxygens (including phenoxy) is 2. The molecule has 0 radical (unpaired) electrons. The number of rotatable bonds is 5. The molecule has 5 nitrogen and oxygen atoms in total. The molecule has 0 aromatic carbocycles. The maximum atomic E-state index is 12.6. The number of aliphatic hydroxyl groups excluding tert-OH is 1. The van der Waals surface area contributed by atoms with E-state index in [0.717, 1.165) is 24.2 Å². The van der Waals surface area contributed by atoms with Gasteiger partial charge in [0.25, 0.3) is 0 Å². The van der Waals surface area contributed by atoms with E-state index in [1.165, 1.54) is 0 Å². The Balaban J connectivity index is 1.94. The van der Waals surface area contributed by atoms with Crippen molar-refractivity contribution in [2.75, 3.05) is 13.2 Å². The molecule has 0 unspecified atom stereocenters. The normalized spacial score (nSPS) is 34.3. The van der Waals surface area contributed by atoms with E-state index >= 15 is 0 Å². The second-order valence-electron chi connectivity index (χ2n) is 11.3. The lowest BCUT2D eigenvalue weighted by Crippen LogP contribution is -2.54. The minimum Gasteiger partial charge on any atom is -0.547 e. The smallest absolute Gasteiger partial charge is 0.250 e. The molecule has 0 bridgehead atoms. The third-order valence-corrected chi connectivity index (χ3v) is 12.5. The summed E-state index contributed by atoms with van der Waals surface area (Å²) in [5, 5.41) is 11.1. The van der Waals surface area contributed by atoms with Gasteiger partial charge in [0.2, 0.25) is 8.32 Å². The fourth-order valence-corrected chi connectivity index (χ4v) is 6.09. The van der Waals surface area contributed by atoms with Gasteiger partial charge in [0.15, 0.2) is 11.6 Å². The van der Waals surface area contributed by atoms with E-state index in [1.54, 1.807) is 6.08 Å². The van der Waals surface area contributed by atoms with Crippen LogP contribution in [0.2, 0.25) is 18.1 Å². The Hall–Kier alpha value is -0.953. The summed E-state index contributed by atoms with van der Waals surface area (Å²) < 4.78 is 18.3. The molecule has 0 amide bonds. The quantitative estimate of drug-likeness (QED) is 0.617. The van der Waals surface area contributed by atoms with Crippen molar-refractivity contribution in [1.82, 2.24) is 0 Å². The lowest BCUT2D eigenvalue weighted by Gasteiger charge is -2.52. The highest BCUT2D eigenvalue weighted by Crippen LogP contribution is 2.55. The maximum Gasteiger partial charge on any atom is 0.250 e. The van der Waals surface area contributed by atoms with Crippen molar-refractivity contribution < 1.29 is 23.8 Å². The van der Waals surface area contributed by atoms with E-state index < -0.39 is 25.6 Å². The number of hydrogen-bond donors (Lipinski definition) is 1. The van der Waals surface area contributed by atoms with Gasteiger partial charge in [0.1, 0.15) is 6.10 Å². The molecule has 2 aliphatic carbocycles. The van der Waals surface area contributed by atoms with Crippen molar-refractivity contribution in [3.8, 4) is 0 Å². The summed E-state index contributed by atoms with van der Waals surface area (Å²) >= 11 is 0. The second-order valence-corrected chi connectivity index (χ2v) is 16.0. The number of hydrogen-bond acceptors (Lipinski definition) is 5. The first kappa shape index (κ1) is 23.7. The molecule has 4 atom stereocenters. The molecule has 3 rings (SSSR count). The van der Waals surface area contributed by atoms with E-state index in [-0.39, 0.29) is 22.7 Å². The lowest BCUT2D eigenvalue weighted by atomic mass is 9.54. The van der Waals surface area contributed by atoms with Crippen LogP contribution < -0.4 is 0 Å². The Bertz CT molecular complexity index is 741. The van der Waals surface area contributed by atoms with E-state index in [1.807, 2.05) is 13.8 Å². The monoisotopic (exact) mass is 436 g/mol. The summed E-state index contributed by atoms with van der Waals surface area (Å²) in [4.78, 5) is 12.6. The largest absolute Gasteiger partial charge is 0.547 e. The molecule has 1 saturated heterocycles. The van der Waals surface area contributed by atoms with Crippen molar-refractivity contribution in [1.29, 1.82) is 0 Å². The Morgan fingerprint density at radius 1 is 1.23 bits per heavy atom. The SMILES string of the molecule is CC1=CC(=O)[C@H](O)[C@]2(C)[C@@H](CCC3(C)OCCO3)C=C(O[Si](C)(C)C(C)(C)C)C[C@H]12. The van der Waals surface area contributed by atoms with Crippen LogP contribution in [0.4, 0.5) is 0 Å². The molecule has 1 aliphatic heterocycles. The molecule has 0 saturated carbocycles. The summed E-state index contributed by atoms with van der Waals surface area (Å²) in [5.74, 6) is 0.327. The Labute approximate surface area is 183 Å². The molecular formula is C24H40O5Si. The van der Waals surface area contributed by atoms with Gasteiger partial charge in [-0.05, 0) is 62.4 Å². The summed E-state index contributed by atoms with van der Waals surface area (Å²) in [6.45, 7) is 18.5. The number of aliphatic hydroxyl groups is 1. The highest BCUT2D eigenvalue weighted by molar-refractivity contribution is 6.74. The fraction of sp³-hybridized carbons (Fsp3) is 0.792. The van der Waals surface area contributed by atoms with Gasteiger partial charge in [-0.1, -0.05) is 33.3 Å². The molecule has 0 aromatic heterocycles. The predicted octanol–water partition coefficient (Wildman–Crippen LogP) is 4.97. The van der Waals surface area contributed by atoms with Gasteiger partial charge in [0, 0.05) is 18.3 Å². The fourth-order valence-electron chi connectivity index (χ4n) is 4.98. The standard InChI is InChI=1S/C24H40O5Si/c1-16-13-20(25)21(26)24(6)17(9-10-23(5)27-11-12-28-23)14-18(15-19(16)24)29-30(7,8)22(2,3)4/h13-14,17,19,21,26H,9-12,15H2,1-8H3/t17-,19+,21-,24+/m0/s1. The molecule has 1 N–H and O–H groups in total. The van der Waals surface area contributed by atoms with Gasteiger partial charge in [0.05, 0.1) is 19.0 Å². The average Bonchev–Trinajstić information content (AvgIpc) is 3.05. The van der Waals surface area contributed by atoms with Crippen molar-refractivity contribution in [3.63, 3.8) is 0 Å². The highest BCUT2D eigenvalue weighted by Gasteiger charge is 2.54. The third-order valence-electron chi connectivity index (χ3n) is 8.12. The van der Waals surface area contributed by atoms with E-state index in [0.29, 0.717) is 19.6 Å². The topological polar surface area (TPSA) is 65.0 Å². The predicted molar refractivity (Wildman–Crippen MR) is 120 cm³/mol. The number of ketones is 1. The molecule has 170 valence electrons. The van der Waals surface area contributed by atoms with Crippen LogP contribution >= 0.6 is 0 Å². The first-order valence-corrected chi connectivity index (χ1v) is 14.2. The van der Waals surface area contributed by atoms with Gasteiger partial charge in [-0.15, -0.1) is 0 Å². The van der Waals surface area contributed by atoms with Crippen molar-refractivity contribution in [3.05, 3.63) is 23.5 Å². The van der Waals surface area contributed by atoms with Crippen LogP contribution in [0, 0.1) is 17.3 Å². The summed E-state index contributed by atoms with van der Waals surface area (Å²) in [6, 6.07) is 0. The molecule has 1 heterocycles. The van der Waals surface area contributed by atoms with Gasteiger partial charge in [-0.2, -0.15) is 0 Å². The van der Waals surface area contributed by atoms with Gasteiger partial charge in [-0.3, -0.25) is 4.79 Å². The molecule has 3 aliphatic rings. The van der Waals surface area contributed by atoms with Crippen LogP contribution in [0.25, 0.3) is 0 Å². The Kier molecular flexibility index (Phi) is 6.22. The Morgan fingerprint density at radius 2 is 1.83 bits per heavy atom. The van der Waals surface area contributed by atoms with Crippen LogP contribution in [0.5, 0.6) is 0 Å². The number of carbonyl (C=O) groups excluding carboxylic acids is 1. The Morgan fingerprint density at radius 3 is 2.40 bits per heavy atom. The minimum atomic E-state index is -1.99. The summed E-state index contributed by atoms with van der Waals surface area (Å²) in [6.07, 6.45) is 5.05. The van der Waals surface area contributed by atoms with Crippen molar-refractivity contribution in [2.24, 2.45) is 17.3 Å². The first-order chi connectivity index (χ1) is 13.7. The zero-order chi connectivity index (χ0) is 22.5. The second kappa shape index (κ2) is 7.87. The summed E-state index contributed by atoms with van der Waals surface area (Å²) in [5.41, 5.74) is 0.493. The third kappa shape index (κ3) is 4.21. The van der Waals surface area contributed by atoms with Gasteiger partial charge >= 0.3 is 0 Å². The van der Waals surface area contributed by atoms with Gasteiger partial charge in [-0.25, -0.2) is 0 Å². The van der Waals surface area contributed by atoms with Gasteiger partial charge < -0.3 is 19.0 Å². The van der Waals surface area contributed by atoms with E-state index in [4.69, 9.17) is 13.9 Å². The zero-order valence-corrected chi connectivity index (χ0v) is 21.0. The molecule has 6 heteroatoms. The molecule has 0 spiro atoms. The summed E-state index contributed by atoms with van der Waals surface area (Å²) in [7, 11) is -1.99. The van der Waals surface area contributed by atoms with Crippen LogP contribution in [0.3, 0.4) is 0 Å². The highest BCUT2D eigenvalue weighted by atomic mass is 28.4. The van der Waals surface area contributed by atoms with Crippen LogP contribution in [0.1, 0.15) is 60.8 Å². The lowest BCUT2D eigenvalue weighted by molar-refractivity contribution is -0.155. The average molecular weight is 437 g/mol. The molecule has 1 fully saturated rings. The zero-order valence-electron chi connectivity index (χ0n) is 20.0. The van der Waals surface area contributed by atoms with Crippen LogP contribution in [-0.4, -0.2) is 44.3 Å². The van der Waals surface area contributed by atoms with Crippen molar-refractivity contribution >= 4 is 14.1 Å². The van der Waals surface area contributed by atoms with E-state index in [2.05, 4.69) is 46.9 Å². The molecule has 30 heavy (non-hydrogen) atoms.